The number of hydrogen-bond acceptors (Lipinski definition) is 5. The maximum atomic E-state index is 12.1. The molecule has 3 N–H and O–H groups in total. The smallest absolute Gasteiger partial charge is 0.210 e. The summed E-state index contributed by atoms with van der Waals surface area (Å²) in [5, 5.41) is 26.4. The van der Waals surface area contributed by atoms with Crippen LogP contribution in [0.25, 0.3) is 0 Å². The lowest BCUT2D eigenvalue weighted by Crippen LogP contribution is -2.77. The second kappa shape index (κ2) is 6.22. The molecule has 6 rings (SSSR count). The zero-order valence-electron chi connectivity index (χ0n) is 16.8. The maximum Gasteiger partial charge on any atom is 0.210 e. The predicted molar refractivity (Wildman–Crippen MR) is 110 cm³/mol. The first-order valence-electron chi connectivity index (χ1n) is 10.8. The van der Waals surface area contributed by atoms with Crippen LogP contribution in [0.3, 0.4) is 0 Å². The van der Waals surface area contributed by atoms with Crippen molar-refractivity contribution in [3.63, 3.8) is 0 Å². The van der Waals surface area contributed by atoms with Gasteiger partial charge in [0.15, 0.2) is 11.5 Å². The quantitative estimate of drug-likeness (QED) is 0.676. The van der Waals surface area contributed by atoms with Crippen molar-refractivity contribution in [1.29, 1.82) is 0 Å². The summed E-state index contributed by atoms with van der Waals surface area (Å²) in [6, 6.07) is 13.7. The molecule has 2 aromatic rings. The molecule has 2 aliphatic carbocycles. The number of carbonyl (C=O) groups excluding carboxylic acids is 1. The van der Waals surface area contributed by atoms with Crippen molar-refractivity contribution in [2.75, 3.05) is 6.54 Å². The van der Waals surface area contributed by atoms with Crippen molar-refractivity contribution in [3.05, 3.63) is 59.2 Å². The van der Waals surface area contributed by atoms with Gasteiger partial charge in [0.2, 0.25) is 6.41 Å². The van der Waals surface area contributed by atoms with Gasteiger partial charge < -0.3 is 25.2 Å². The lowest BCUT2D eigenvalue weighted by atomic mass is 9.48. The van der Waals surface area contributed by atoms with E-state index >= 15 is 0 Å². The fraction of sp³-hybridized carbons (Fsp3) is 0.458. The third kappa shape index (κ3) is 2.13. The number of amides is 1. The molecule has 30 heavy (non-hydrogen) atoms. The minimum absolute atomic E-state index is 0.0478. The van der Waals surface area contributed by atoms with Gasteiger partial charge in [-0.2, -0.15) is 0 Å². The topological polar surface area (TPSA) is 82.0 Å². The number of hydrogen-bond donors (Lipinski definition) is 3. The van der Waals surface area contributed by atoms with Crippen molar-refractivity contribution in [2.24, 2.45) is 0 Å². The minimum Gasteiger partial charge on any atom is -0.504 e. The Morgan fingerprint density at radius 2 is 2.03 bits per heavy atom. The van der Waals surface area contributed by atoms with Crippen LogP contribution in [-0.2, 0) is 23.2 Å². The van der Waals surface area contributed by atoms with Gasteiger partial charge in [0.05, 0.1) is 17.1 Å². The highest BCUT2D eigenvalue weighted by atomic mass is 16.5. The summed E-state index contributed by atoms with van der Waals surface area (Å²) in [6.07, 6.45) is 3.19. The Labute approximate surface area is 175 Å². The van der Waals surface area contributed by atoms with Gasteiger partial charge in [0, 0.05) is 24.7 Å². The molecule has 2 aromatic carbocycles. The van der Waals surface area contributed by atoms with Crippen LogP contribution in [0.15, 0.2) is 42.5 Å². The number of rotatable bonds is 4. The van der Waals surface area contributed by atoms with Gasteiger partial charge in [0.25, 0.3) is 0 Å². The van der Waals surface area contributed by atoms with Crippen LogP contribution < -0.4 is 10.1 Å². The molecule has 1 saturated carbocycles. The summed E-state index contributed by atoms with van der Waals surface area (Å²) in [6.45, 7) is 1.31. The number of nitrogens with one attached hydrogen (secondary N) is 1. The standard InChI is InChI=1S/C24H26N2O4/c27-14-26-11-10-23-20-16-6-7-18(28)21(20)30-22(23)17(8-9-24(23,29)19(26)12-16)25-13-15-4-2-1-3-5-15/h1-7,14,17,19,22,25,28-29H,8-13H2/t17-,19+,22-,23-,24+/m0/s1. The highest BCUT2D eigenvalue weighted by molar-refractivity contribution is 5.64. The SMILES string of the molecule is O=CN1CC[C@]23c4c5ccc(O)c4O[C@H]2[C@@H](NCc2ccccc2)CC[C@@]3(O)[C@H]1C5. The molecule has 4 aliphatic rings. The number of likely N-dealkylation sites (tertiary alicyclic amines) is 1. The molecule has 156 valence electrons. The molecule has 0 aromatic heterocycles. The zero-order valence-corrected chi connectivity index (χ0v) is 16.8. The first-order valence-corrected chi connectivity index (χ1v) is 10.8. The Morgan fingerprint density at radius 1 is 1.20 bits per heavy atom. The maximum absolute atomic E-state index is 12.1. The van der Waals surface area contributed by atoms with E-state index in [1.165, 1.54) is 5.56 Å². The average molecular weight is 406 g/mol. The highest BCUT2D eigenvalue weighted by Gasteiger charge is 2.72. The molecule has 1 amide bonds. The number of carbonyl (C=O) groups is 1. The van der Waals surface area contributed by atoms with E-state index in [1.807, 2.05) is 24.3 Å². The average Bonchev–Trinajstić information content (AvgIpc) is 3.11. The van der Waals surface area contributed by atoms with E-state index in [1.54, 1.807) is 11.0 Å². The van der Waals surface area contributed by atoms with Gasteiger partial charge in [0.1, 0.15) is 6.10 Å². The predicted octanol–water partition coefficient (Wildman–Crippen LogP) is 1.86. The van der Waals surface area contributed by atoms with Crippen molar-refractivity contribution >= 4 is 6.41 Å². The number of aliphatic hydroxyl groups is 1. The van der Waals surface area contributed by atoms with Gasteiger partial charge in [-0.05, 0) is 42.9 Å². The fourth-order valence-corrected chi connectivity index (χ4v) is 6.76. The van der Waals surface area contributed by atoms with Gasteiger partial charge in [-0.25, -0.2) is 0 Å². The molecule has 6 heteroatoms. The zero-order chi connectivity index (χ0) is 20.5. The summed E-state index contributed by atoms with van der Waals surface area (Å²) >= 11 is 0. The number of nitrogens with zero attached hydrogens (tertiary/aromatic N) is 1. The van der Waals surface area contributed by atoms with E-state index < -0.39 is 11.0 Å². The Hall–Kier alpha value is -2.57. The molecule has 2 heterocycles. The first kappa shape index (κ1) is 18.2. The molecule has 1 spiro atoms. The molecular formula is C24H26N2O4. The molecule has 0 radical (unpaired) electrons. The molecular weight excluding hydrogens is 380 g/mol. The molecule has 1 saturated heterocycles. The number of piperidine rings is 1. The molecule has 2 fully saturated rings. The van der Waals surface area contributed by atoms with Crippen LogP contribution in [0.2, 0.25) is 0 Å². The number of aromatic hydroxyl groups is 1. The summed E-state index contributed by atoms with van der Waals surface area (Å²) in [5.41, 5.74) is 1.60. The highest BCUT2D eigenvalue weighted by Crippen LogP contribution is 2.65. The van der Waals surface area contributed by atoms with Crippen LogP contribution in [0.4, 0.5) is 0 Å². The van der Waals surface area contributed by atoms with Crippen molar-refractivity contribution in [3.8, 4) is 11.5 Å². The van der Waals surface area contributed by atoms with Crippen molar-refractivity contribution < 1.29 is 19.7 Å². The van der Waals surface area contributed by atoms with Gasteiger partial charge >= 0.3 is 0 Å². The van der Waals surface area contributed by atoms with E-state index in [4.69, 9.17) is 4.74 Å². The molecule has 2 aliphatic heterocycles. The van der Waals surface area contributed by atoms with E-state index in [9.17, 15) is 15.0 Å². The summed E-state index contributed by atoms with van der Waals surface area (Å²) < 4.78 is 6.47. The molecule has 6 nitrogen and oxygen atoms in total. The third-order valence-corrected chi connectivity index (χ3v) is 8.05. The van der Waals surface area contributed by atoms with Gasteiger partial charge in [-0.15, -0.1) is 0 Å². The first-order chi connectivity index (χ1) is 14.6. The lowest BCUT2D eigenvalue weighted by Gasteiger charge is -2.63. The van der Waals surface area contributed by atoms with E-state index in [0.717, 1.165) is 30.5 Å². The van der Waals surface area contributed by atoms with E-state index in [-0.39, 0.29) is 23.9 Å². The van der Waals surface area contributed by atoms with Gasteiger partial charge in [-0.3, -0.25) is 4.79 Å². The minimum atomic E-state index is -1.05. The van der Waals surface area contributed by atoms with Crippen LogP contribution in [0, 0.1) is 0 Å². The molecule has 5 atom stereocenters. The Balaban J connectivity index is 1.44. The Bertz CT molecular complexity index is 1010. The Kier molecular flexibility index (Phi) is 3.78. The lowest BCUT2D eigenvalue weighted by molar-refractivity contribution is -0.190. The van der Waals surface area contributed by atoms with E-state index in [2.05, 4.69) is 17.4 Å². The van der Waals surface area contributed by atoms with Crippen molar-refractivity contribution in [2.45, 2.75) is 61.4 Å². The van der Waals surface area contributed by atoms with Crippen LogP contribution in [0.1, 0.15) is 36.0 Å². The fourth-order valence-electron chi connectivity index (χ4n) is 6.76. The van der Waals surface area contributed by atoms with Crippen LogP contribution in [0.5, 0.6) is 11.5 Å². The summed E-state index contributed by atoms with van der Waals surface area (Å²) in [7, 11) is 0. The number of phenolic OH excluding ortho intramolecular Hbond substituents is 1. The Morgan fingerprint density at radius 3 is 2.83 bits per heavy atom. The molecule has 2 bridgehead atoms. The summed E-state index contributed by atoms with van der Waals surface area (Å²) in [4.78, 5) is 13.6. The van der Waals surface area contributed by atoms with Crippen LogP contribution >= 0.6 is 0 Å². The van der Waals surface area contributed by atoms with Crippen molar-refractivity contribution in [1.82, 2.24) is 10.2 Å². The third-order valence-electron chi connectivity index (χ3n) is 8.05. The number of ether oxygens (including phenoxy) is 1. The number of phenols is 1. The second-order valence-corrected chi connectivity index (χ2v) is 9.21. The van der Waals surface area contributed by atoms with Crippen LogP contribution in [-0.4, -0.2) is 51.9 Å². The number of benzene rings is 2. The van der Waals surface area contributed by atoms with Gasteiger partial charge in [-0.1, -0.05) is 36.4 Å². The monoisotopic (exact) mass is 406 g/mol. The van der Waals surface area contributed by atoms with E-state index in [0.29, 0.717) is 31.6 Å². The second-order valence-electron chi connectivity index (χ2n) is 9.21. The summed E-state index contributed by atoms with van der Waals surface area (Å²) in [5.74, 6) is 0.667. The largest absolute Gasteiger partial charge is 0.504 e. The molecule has 0 unspecified atom stereocenters. The normalized spacial score (nSPS) is 35.5.